The highest BCUT2D eigenvalue weighted by atomic mass is 35.5. The monoisotopic (exact) mass is 383 g/mol. The van der Waals surface area contributed by atoms with Gasteiger partial charge in [0.05, 0.1) is 23.2 Å². The van der Waals surface area contributed by atoms with Crippen molar-refractivity contribution < 1.29 is 14.6 Å². The van der Waals surface area contributed by atoms with Gasteiger partial charge in [0.15, 0.2) is 0 Å². The zero-order chi connectivity index (χ0) is 17.4. The van der Waals surface area contributed by atoms with Crippen LogP contribution in [0.5, 0.6) is 5.75 Å². The molecule has 0 fully saturated rings. The van der Waals surface area contributed by atoms with Crippen LogP contribution in [0, 0.1) is 6.92 Å². The van der Waals surface area contributed by atoms with Gasteiger partial charge in [-0.3, -0.25) is 0 Å². The molecule has 2 N–H and O–H groups in total. The number of aromatic carboxylic acids is 1. The summed E-state index contributed by atoms with van der Waals surface area (Å²) in [6.07, 6.45) is 0. The van der Waals surface area contributed by atoms with E-state index in [0.29, 0.717) is 11.5 Å². The van der Waals surface area contributed by atoms with Crippen LogP contribution in [0.4, 0.5) is 11.5 Å². The number of nitrogens with one attached hydrogen (secondary N) is 1. The van der Waals surface area contributed by atoms with Gasteiger partial charge < -0.3 is 15.2 Å². The van der Waals surface area contributed by atoms with Crippen molar-refractivity contribution in [3.8, 4) is 5.75 Å². The summed E-state index contributed by atoms with van der Waals surface area (Å²) in [7, 11) is 1.39. The van der Waals surface area contributed by atoms with E-state index < -0.39 is 5.97 Å². The number of benzene rings is 1. The zero-order valence-electron chi connectivity index (χ0n) is 12.6. The molecule has 24 heavy (non-hydrogen) atoms. The molecule has 124 valence electrons. The van der Waals surface area contributed by atoms with Gasteiger partial charge in [0.25, 0.3) is 0 Å². The van der Waals surface area contributed by atoms with Crippen molar-refractivity contribution in [1.82, 2.24) is 9.97 Å². The topological polar surface area (TPSA) is 84.3 Å². The van der Waals surface area contributed by atoms with Crippen LogP contribution in [0.15, 0.2) is 18.2 Å². The molecular weight excluding hydrogens is 373 g/mol. The Balaban J connectivity index is 2.10. The van der Waals surface area contributed by atoms with E-state index in [9.17, 15) is 9.90 Å². The van der Waals surface area contributed by atoms with Crippen molar-refractivity contribution in [1.29, 1.82) is 0 Å². The number of hydrogen-bond donors (Lipinski definition) is 2. The van der Waals surface area contributed by atoms with E-state index >= 15 is 0 Å². The number of hydrogen-bond acceptors (Lipinski definition) is 6. The third-order valence-electron chi connectivity index (χ3n) is 3.26. The molecule has 0 bridgehead atoms. The molecule has 3 rings (SSSR count). The van der Waals surface area contributed by atoms with E-state index in [1.54, 1.807) is 0 Å². The molecule has 2 heterocycles. The number of aromatic nitrogens is 2. The highest BCUT2D eigenvalue weighted by Gasteiger charge is 2.17. The molecule has 0 amide bonds. The third-order valence-corrected chi connectivity index (χ3v) is 4.69. The minimum atomic E-state index is -1.12. The Bertz CT molecular complexity index is 959. The van der Waals surface area contributed by atoms with E-state index in [2.05, 4.69) is 15.3 Å². The van der Waals surface area contributed by atoms with Crippen LogP contribution < -0.4 is 10.1 Å². The molecule has 0 radical (unpaired) electrons. The number of carbonyl (C=O) groups is 1. The fourth-order valence-electron chi connectivity index (χ4n) is 2.22. The fraction of sp³-hybridized carbons (Fsp3) is 0.133. The first-order valence-electron chi connectivity index (χ1n) is 6.70. The SMILES string of the molecule is COc1cc(Nc2nc(Cl)nc3sc(C)cc23)c(Cl)cc1C(=O)O. The van der Waals surface area contributed by atoms with Crippen molar-refractivity contribution in [3.05, 3.63) is 38.9 Å². The van der Waals surface area contributed by atoms with Crippen LogP contribution in [-0.4, -0.2) is 28.2 Å². The highest BCUT2D eigenvalue weighted by molar-refractivity contribution is 7.18. The first-order chi connectivity index (χ1) is 11.4. The molecule has 0 saturated carbocycles. The molecule has 0 unspecified atom stereocenters. The summed E-state index contributed by atoms with van der Waals surface area (Å²) >= 11 is 13.7. The molecular formula is C15H11Cl2N3O3S. The maximum absolute atomic E-state index is 11.2. The van der Waals surface area contributed by atoms with E-state index in [-0.39, 0.29) is 21.6 Å². The number of ether oxygens (including phenoxy) is 1. The molecule has 2 aromatic heterocycles. The van der Waals surface area contributed by atoms with Crippen LogP contribution in [-0.2, 0) is 0 Å². The number of carboxylic acid groups (broad SMARTS) is 1. The van der Waals surface area contributed by atoms with Gasteiger partial charge in [-0.15, -0.1) is 11.3 Å². The Morgan fingerprint density at radius 2 is 2.04 bits per heavy atom. The van der Waals surface area contributed by atoms with Gasteiger partial charge in [-0.05, 0) is 30.7 Å². The summed E-state index contributed by atoms with van der Waals surface area (Å²) in [5, 5.41) is 13.4. The second kappa shape index (κ2) is 6.43. The van der Waals surface area contributed by atoms with Gasteiger partial charge in [-0.1, -0.05) is 11.6 Å². The van der Waals surface area contributed by atoms with Gasteiger partial charge in [-0.2, -0.15) is 4.98 Å². The van der Waals surface area contributed by atoms with Crippen molar-refractivity contribution >= 4 is 62.2 Å². The number of carboxylic acids is 1. The summed E-state index contributed by atoms with van der Waals surface area (Å²) in [4.78, 5) is 21.4. The lowest BCUT2D eigenvalue weighted by Crippen LogP contribution is -2.03. The second-order valence-electron chi connectivity index (χ2n) is 4.88. The smallest absolute Gasteiger partial charge is 0.339 e. The molecule has 3 aromatic rings. The van der Waals surface area contributed by atoms with Crippen LogP contribution in [0.2, 0.25) is 10.3 Å². The quantitative estimate of drug-likeness (QED) is 0.631. The molecule has 0 atom stereocenters. The molecule has 0 aliphatic rings. The Kier molecular flexibility index (Phi) is 4.49. The van der Waals surface area contributed by atoms with E-state index in [1.807, 2.05) is 13.0 Å². The number of anilines is 2. The largest absolute Gasteiger partial charge is 0.496 e. The summed E-state index contributed by atoms with van der Waals surface area (Å²) in [5.74, 6) is -0.449. The fourth-order valence-corrected chi connectivity index (χ4v) is 3.53. The molecule has 6 nitrogen and oxygen atoms in total. The third kappa shape index (κ3) is 3.10. The van der Waals surface area contributed by atoms with Crippen molar-refractivity contribution in [2.45, 2.75) is 6.92 Å². The van der Waals surface area contributed by atoms with Crippen molar-refractivity contribution in [3.63, 3.8) is 0 Å². The normalized spacial score (nSPS) is 10.8. The summed E-state index contributed by atoms with van der Waals surface area (Å²) in [6.45, 7) is 1.96. The van der Waals surface area contributed by atoms with E-state index in [1.165, 1.54) is 30.6 Å². The van der Waals surface area contributed by atoms with Gasteiger partial charge >= 0.3 is 5.97 Å². The van der Waals surface area contributed by atoms with Gasteiger partial charge in [0.1, 0.15) is 22.0 Å². The van der Waals surface area contributed by atoms with Crippen LogP contribution in [0.1, 0.15) is 15.2 Å². The van der Waals surface area contributed by atoms with Gasteiger partial charge in [0, 0.05) is 10.9 Å². The minimum absolute atomic E-state index is 0.0229. The Morgan fingerprint density at radius 1 is 1.29 bits per heavy atom. The number of methoxy groups -OCH3 is 1. The minimum Gasteiger partial charge on any atom is -0.496 e. The Hall–Kier alpha value is -2.09. The number of rotatable bonds is 4. The van der Waals surface area contributed by atoms with Crippen LogP contribution in [0.3, 0.4) is 0 Å². The summed E-state index contributed by atoms with van der Waals surface area (Å²) in [5.41, 5.74) is 0.434. The molecule has 9 heteroatoms. The summed E-state index contributed by atoms with van der Waals surface area (Å²) < 4.78 is 5.12. The number of nitrogens with zero attached hydrogens (tertiary/aromatic N) is 2. The molecule has 0 aliphatic heterocycles. The predicted molar refractivity (Wildman–Crippen MR) is 95.4 cm³/mol. The van der Waals surface area contributed by atoms with E-state index in [4.69, 9.17) is 27.9 Å². The number of halogens is 2. The first kappa shape index (κ1) is 16.8. The Labute approximate surface area is 151 Å². The van der Waals surface area contributed by atoms with Crippen molar-refractivity contribution in [2.75, 3.05) is 12.4 Å². The lowest BCUT2D eigenvalue weighted by Gasteiger charge is -2.12. The first-order valence-corrected chi connectivity index (χ1v) is 8.28. The number of thiophene rings is 1. The molecule has 0 saturated heterocycles. The number of fused-ring (bicyclic) bond motifs is 1. The molecule has 1 aromatic carbocycles. The van der Waals surface area contributed by atoms with Crippen LogP contribution >= 0.6 is 34.5 Å². The van der Waals surface area contributed by atoms with Crippen molar-refractivity contribution in [2.24, 2.45) is 0 Å². The Morgan fingerprint density at radius 3 is 2.71 bits per heavy atom. The maximum Gasteiger partial charge on any atom is 0.339 e. The van der Waals surface area contributed by atoms with Crippen LogP contribution in [0.25, 0.3) is 10.2 Å². The average molecular weight is 384 g/mol. The zero-order valence-corrected chi connectivity index (χ0v) is 14.9. The summed E-state index contributed by atoms with van der Waals surface area (Å²) in [6, 6.07) is 4.77. The second-order valence-corrected chi connectivity index (χ2v) is 6.86. The lowest BCUT2D eigenvalue weighted by molar-refractivity contribution is 0.0693. The molecule has 0 aliphatic carbocycles. The van der Waals surface area contributed by atoms with Gasteiger partial charge in [0.2, 0.25) is 5.28 Å². The lowest BCUT2D eigenvalue weighted by atomic mass is 10.1. The standard InChI is InChI=1S/C15H11Cl2N3O3S/c1-6-3-8-12(19-15(17)20-13(8)24-6)18-10-5-11(23-2)7(14(21)22)4-9(10)16/h3-5H,1-2H3,(H,21,22)(H,18,19,20). The number of aryl methyl sites for hydroxylation is 1. The predicted octanol–water partition coefficient (Wildman–Crippen LogP) is 4.76. The maximum atomic E-state index is 11.2. The highest BCUT2D eigenvalue weighted by Crippen LogP contribution is 2.36. The average Bonchev–Trinajstić information content (AvgIpc) is 2.88. The van der Waals surface area contributed by atoms with E-state index in [0.717, 1.165) is 15.1 Å². The van der Waals surface area contributed by atoms with Gasteiger partial charge in [-0.25, -0.2) is 9.78 Å². The molecule has 0 spiro atoms.